The third-order valence-corrected chi connectivity index (χ3v) is 3.83. The second-order valence-electron chi connectivity index (χ2n) is 5.34. The molecule has 0 bridgehead atoms. The molecule has 1 N–H and O–H groups in total. The zero-order chi connectivity index (χ0) is 17.8. The molecule has 0 amide bonds. The molecule has 0 aliphatic rings. The molecule has 0 radical (unpaired) electrons. The van der Waals surface area contributed by atoms with Gasteiger partial charge in [0.25, 0.3) is 0 Å². The average Bonchev–Trinajstić information content (AvgIpc) is 3.05. The van der Waals surface area contributed by atoms with E-state index in [4.69, 9.17) is 4.74 Å². The summed E-state index contributed by atoms with van der Waals surface area (Å²) >= 11 is 0. The van der Waals surface area contributed by atoms with Gasteiger partial charge < -0.3 is 14.6 Å². The monoisotopic (exact) mass is 339 g/mol. The highest BCUT2D eigenvalue weighted by Gasteiger charge is 2.25. The van der Waals surface area contributed by atoms with Crippen molar-refractivity contribution >= 4 is 11.5 Å². The Morgan fingerprint density at radius 1 is 1.20 bits per heavy atom. The summed E-state index contributed by atoms with van der Waals surface area (Å²) < 4.78 is 7.29. The van der Waals surface area contributed by atoms with Gasteiger partial charge in [0.05, 0.1) is 12.0 Å². The van der Waals surface area contributed by atoms with Crippen molar-refractivity contribution in [1.29, 1.82) is 0 Å². The minimum atomic E-state index is -0.468. The zero-order valence-electron chi connectivity index (χ0n) is 13.8. The van der Waals surface area contributed by atoms with Gasteiger partial charge in [0.1, 0.15) is 17.6 Å². The molecule has 0 saturated heterocycles. The lowest BCUT2D eigenvalue weighted by atomic mass is 10.0. The Labute approximate surface area is 144 Å². The molecule has 8 nitrogen and oxygen atoms in total. The number of ether oxygens (including phenoxy) is 1. The Morgan fingerprint density at radius 3 is 2.68 bits per heavy atom. The number of para-hydroxylation sites is 1. The molecular weight excluding hydrogens is 322 g/mol. The number of imidazole rings is 1. The number of methoxy groups -OCH3 is 1. The molecule has 0 fully saturated rings. The fourth-order valence-electron chi connectivity index (χ4n) is 2.63. The van der Waals surface area contributed by atoms with Gasteiger partial charge in [-0.25, -0.2) is 9.97 Å². The Kier molecular flexibility index (Phi) is 4.60. The maximum Gasteiger partial charge on any atom is 0.311 e. The lowest BCUT2D eigenvalue weighted by Gasteiger charge is -2.21. The van der Waals surface area contributed by atoms with Crippen molar-refractivity contribution < 1.29 is 9.66 Å². The Hall–Kier alpha value is -3.42. The van der Waals surface area contributed by atoms with Crippen LogP contribution < -0.4 is 10.1 Å². The molecule has 3 aromatic rings. The summed E-state index contributed by atoms with van der Waals surface area (Å²) in [6.45, 7) is 0. The van der Waals surface area contributed by atoms with Crippen LogP contribution in [0.3, 0.4) is 0 Å². The Bertz CT molecular complexity index is 893. The van der Waals surface area contributed by atoms with Crippen LogP contribution in [0.25, 0.3) is 0 Å². The number of rotatable bonds is 6. The first-order valence-electron chi connectivity index (χ1n) is 7.58. The lowest BCUT2D eigenvalue weighted by molar-refractivity contribution is -0.384. The van der Waals surface area contributed by atoms with Crippen LogP contribution in [-0.4, -0.2) is 26.6 Å². The molecule has 1 aromatic carbocycles. The third-order valence-electron chi connectivity index (χ3n) is 3.83. The number of hydrogen-bond donors (Lipinski definition) is 1. The number of aryl methyl sites for hydroxylation is 1. The van der Waals surface area contributed by atoms with Gasteiger partial charge in [-0.2, -0.15) is 0 Å². The van der Waals surface area contributed by atoms with Crippen molar-refractivity contribution in [2.75, 3.05) is 12.4 Å². The molecule has 25 heavy (non-hydrogen) atoms. The first-order chi connectivity index (χ1) is 12.1. The van der Waals surface area contributed by atoms with E-state index < -0.39 is 11.0 Å². The summed E-state index contributed by atoms with van der Waals surface area (Å²) in [6.07, 6.45) is 4.99. The summed E-state index contributed by atoms with van der Waals surface area (Å²) in [7, 11) is 3.44. The van der Waals surface area contributed by atoms with Gasteiger partial charge in [-0.1, -0.05) is 18.2 Å². The Balaban J connectivity index is 2.11. The van der Waals surface area contributed by atoms with Crippen LogP contribution in [0.4, 0.5) is 11.5 Å². The van der Waals surface area contributed by atoms with E-state index in [-0.39, 0.29) is 11.5 Å². The number of hydrogen-bond acceptors (Lipinski definition) is 6. The van der Waals surface area contributed by atoms with E-state index in [0.717, 1.165) is 5.56 Å². The van der Waals surface area contributed by atoms with E-state index in [1.165, 1.54) is 18.3 Å². The second-order valence-corrected chi connectivity index (χ2v) is 5.34. The summed E-state index contributed by atoms with van der Waals surface area (Å²) in [6, 6.07) is 9.93. The van der Waals surface area contributed by atoms with Gasteiger partial charge >= 0.3 is 5.69 Å². The molecule has 2 aromatic heterocycles. The zero-order valence-corrected chi connectivity index (χ0v) is 13.8. The van der Waals surface area contributed by atoms with Crippen molar-refractivity contribution in [3.63, 3.8) is 0 Å². The number of anilines is 1. The number of nitrogens with zero attached hydrogens (tertiary/aromatic N) is 4. The number of nitrogens with one attached hydrogen (secondary N) is 1. The fourth-order valence-corrected chi connectivity index (χ4v) is 2.63. The van der Waals surface area contributed by atoms with E-state index in [1.54, 1.807) is 13.3 Å². The molecule has 0 saturated carbocycles. The van der Waals surface area contributed by atoms with E-state index in [2.05, 4.69) is 15.3 Å². The van der Waals surface area contributed by atoms with Crippen molar-refractivity contribution in [3.8, 4) is 5.75 Å². The van der Waals surface area contributed by atoms with Crippen LogP contribution in [-0.2, 0) is 7.05 Å². The van der Waals surface area contributed by atoms with Crippen LogP contribution in [0.2, 0.25) is 0 Å². The van der Waals surface area contributed by atoms with Crippen LogP contribution in [0.15, 0.2) is 55.0 Å². The second kappa shape index (κ2) is 7.00. The van der Waals surface area contributed by atoms with E-state index in [0.29, 0.717) is 11.6 Å². The molecule has 0 unspecified atom stereocenters. The smallest absolute Gasteiger partial charge is 0.311 e. The van der Waals surface area contributed by atoms with Gasteiger partial charge in [-0.3, -0.25) is 10.1 Å². The van der Waals surface area contributed by atoms with E-state index in [1.807, 2.05) is 42.1 Å². The summed E-state index contributed by atoms with van der Waals surface area (Å²) in [5.74, 6) is 1.51. The fraction of sp³-hybridized carbons (Fsp3) is 0.176. The normalized spacial score (nSPS) is 11.8. The summed E-state index contributed by atoms with van der Waals surface area (Å²) in [5.41, 5.74) is 0.704. The topological polar surface area (TPSA) is 95.1 Å². The van der Waals surface area contributed by atoms with Crippen LogP contribution in [0.1, 0.15) is 17.4 Å². The first-order valence-corrected chi connectivity index (χ1v) is 7.58. The van der Waals surface area contributed by atoms with Crippen molar-refractivity contribution in [2.45, 2.75) is 6.04 Å². The predicted molar refractivity (Wildman–Crippen MR) is 92.6 cm³/mol. The third kappa shape index (κ3) is 3.27. The molecular formula is C17H17N5O3. The molecule has 1 atom stereocenters. The predicted octanol–water partition coefficient (Wildman–Crippen LogP) is 2.93. The molecule has 128 valence electrons. The van der Waals surface area contributed by atoms with Gasteiger partial charge in [0.15, 0.2) is 0 Å². The summed E-state index contributed by atoms with van der Waals surface area (Å²) in [5, 5.41) is 14.4. The molecule has 0 spiro atoms. The van der Waals surface area contributed by atoms with Crippen LogP contribution >= 0.6 is 0 Å². The van der Waals surface area contributed by atoms with Crippen molar-refractivity contribution in [1.82, 2.24) is 14.5 Å². The van der Waals surface area contributed by atoms with E-state index >= 15 is 0 Å². The van der Waals surface area contributed by atoms with Crippen LogP contribution in [0.5, 0.6) is 5.75 Å². The minimum absolute atomic E-state index is 0.100. The number of benzene rings is 1. The number of pyridine rings is 1. The maximum absolute atomic E-state index is 11.3. The molecule has 3 rings (SSSR count). The van der Waals surface area contributed by atoms with Gasteiger partial charge in [0, 0.05) is 37.3 Å². The van der Waals surface area contributed by atoms with Crippen molar-refractivity contribution in [3.05, 3.63) is 76.5 Å². The van der Waals surface area contributed by atoms with E-state index in [9.17, 15) is 10.1 Å². The number of aromatic nitrogens is 3. The minimum Gasteiger partial charge on any atom is -0.496 e. The highest BCUT2D eigenvalue weighted by atomic mass is 16.6. The molecule has 0 aliphatic heterocycles. The lowest BCUT2D eigenvalue weighted by Crippen LogP contribution is -2.19. The van der Waals surface area contributed by atoms with Gasteiger partial charge in [0.2, 0.25) is 5.82 Å². The Morgan fingerprint density at radius 2 is 2.00 bits per heavy atom. The molecule has 0 aliphatic carbocycles. The largest absolute Gasteiger partial charge is 0.496 e. The van der Waals surface area contributed by atoms with Crippen LogP contribution in [0, 0.1) is 10.1 Å². The molecule has 2 heterocycles. The quantitative estimate of drug-likeness (QED) is 0.548. The SMILES string of the molecule is COc1ccccc1[C@H](Nc1ncccc1[N+](=O)[O-])c1nccn1C. The highest BCUT2D eigenvalue weighted by molar-refractivity contribution is 5.58. The first kappa shape index (κ1) is 16.4. The standard InChI is InChI=1S/C17H17N5O3/c1-21-11-10-19-17(21)15(12-6-3-4-8-14(12)25-2)20-16-13(22(23)24)7-5-9-18-16/h3-11,15H,1-2H3,(H,18,20)/t15-/m0/s1. The average molecular weight is 339 g/mol. The molecule has 8 heteroatoms. The van der Waals surface area contributed by atoms with Crippen molar-refractivity contribution in [2.24, 2.45) is 7.05 Å². The number of nitro groups is 1. The van der Waals surface area contributed by atoms with Gasteiger partial charge in [-0.15, -0.1) is 0 Å². The highest BCUT2D eigenvalue weighted by Crippen LogP contribution is 2.33. The summed E-state index contributed by atoms with van der Waals surface area (Å²) in [4.78, 5) is 19.3. The maximum atomic E-state index is 11.3. The van der Waals surface area contributed by atoms with Gasteiger partial charge in [-0.05, 0) is 12.1 Å².